The van der Waals surface area contributed by atoms with Crippen molar-refractivity contribution in [2.45, 2.75) is 12.5 Å². The Balaban J connectivity index is 1.21. The van der Waals surface area contributed by atoms with Gasteiger partial charge in [0.1, 0.15) is 6.10 Å². The molecule has 4 aromatic rings. The number of cyclic esters (lactones) is 1. The highest BCUT2D eigenvalue weighted by Gasteiger charge is 2.28. The van der Waals surface area contributed by atoms with Gasteiger partial charge in [-0.3, -0.25) is 4.79 Å². The number of rotatable bonds is 4. The first-order chi connectivity index (χ1) is 17.1. The minimum atomic E-state index is -0.362. The highest BCUT2D eigenvalue weighted by atomic mass is 32.1. The zero-order valence-corrected chi connectivity index (χ0v) is 19.7. The Morgan fingerprint density at radius 1 is 1.03 bits per heavy atom. The van der Waals surface area contributed by atoms with E-state index in [2.05, 4.69) is 10.2 Å². The topological polar surface area (TPSA) is 80.8 Å². The van der Waals surface area contributed by atoms with Crippen molar-refractivity contribution < 1.29 is 19.1 Å². The van der Waals surface area contributed by atoms with E-state index in [4.69, 9.17) is 14.5 Å². The van der Waals surface area contributed by atoms with Crippen LogP contribution in [0.25, 0.3) is 10.2 Å². The van der Waals surface area contributed by atoms with Crippen molar-refractivity contribution in [1.82, 2.24) is 4.98 Å². The second-order valence-corrected chi connectivity index (χ2v) is 9.62. The molecule has 35 heavy (non-hydrogen) atoms. The second-order valence-electron chi connectivity index (χ2n) is 8.61. The lowest BCUT2D eigenvalue weighted by molar-refractivity contribution is 0.0252. The molecule has 0 aliphatic carbocycles. The van der Waals surface area contributed by atoms with Gasteiger partial charge in [-0.05, 0) is 47.5 Å². The van der Waals surface area contributed by atoms with E-state index in [-0.39, 0.29) is 18.0 Å². The number of morpholine rings is 1. The number of aromatic nitrogens is 1. The Morgan fingerprint density at radius 2 is 1.86 bits per heavy atom. The van der Waals surface area contributed by atoms with Gasteiger partial charge in [0.25, 0.3) is 5.91 Å². The van der Waals surface area contributed by atoms with Crippen LogP contribution in [0.2, 0.25) is 0 Å². The van der Waals surface area contributed by atoms with Crippen molar-refractivity contribution in [3.8, 4) is 0 Å². The quantitative estimate of drug-likeness (QED) is 0.417. The van der Waals surface area contributed by atoms with Crippen LogP contribution in [0.1, 0.15) is 37.9 Å². The molecule has 0 unspecified atom stereocenters. The number of carbonyl (C=O) groups excluding carboxylic acids is 2. The molecule has 1 saturated heterocycles. The van der Waals surface area contributed by atoms with Gasteiger partial charge in [-0.15, -0.1) is 0 Å². The molecule has 7 nitrogen and oxygen atoms in total. The fraction of sp³-hybridized carbons (Fsp3) is 0.222. The summed E-state index contributed by atoms with van der Waals surface area (Å²) < 4.78 is 12.1. The molecule has 0 saturated carbocycles. The third-order valence-corrected chi connectivity index (χ3v) is 7.41. The van der Waals surface area contributed by atoms with Crippen molar-refractivity contribution >= 4 is 44.2 Å². The molecule has 0 spiro atoms. The van der Waals surface area contributed by atoms with Gasteiger partial charge >= 0.3 is 5.97 Å². The molecule has 1 fully saturated rings. The summed E-state index contributed by atoms with van der Waals surface area (Å²) in [7, 11) is 0. The predicted molar refractivity (Wildman–Crippen MR) is 135 cm³/mol. The number of nitrogens with one attached hydrogen (secondary N) is 1. The van der Waals surface area contributed by atoms with Gasteiger partial charge in [-0.2, -0.15) is 0 Å². The van der Waals surface area contributed by atoms with Crippen LogP contribution in [0.3, 0.4) is 0 Å². The van der Waals surface area contributed by atoms with E-state index < -0.39 is 0 Å². The van der Waals surface area contributed by atoms with Crippen molar-refractivity contribution in [3.05, 3.63) is 89.0 Å². The maximum Gasteiger partial charge on any atom is 0.339 e. The van der Waals surface area contributed by atoms with Crippen molar-refractivity contribution in [1.29, 1.82) is 0 Å². The summed E-state index contributed by atoms with van der Waals surface area (Å²) in [5.41, 5.74) is 4.39. The lowest BCUT2D eigenvalue weighted by atomic mass is 9.93. The lowest BCUT2D eigenvalue weighted by Gasteiger charge is -2.25. The Labute approximate surface area is 206 Å². The van der Waals surface area contributed by atoms with Crippen LogP contribution in [0.4, 0.5) is 10.8 Å². The van der Waals surface area contributed by atoms with Gasteiger partial charge in [0, 0.05) is 30.8 Å². The van der Waals surface area contributed by atoms with Gasteiger partial charge in [-0.1, -0.05) is 41.7 Å². The number of esters is 1. The molecule has 3 heterocycles. The minimum absolute atomic E-state index is 0.222. The molecule has 3 aromatic carbocycles. The SMILES string of the molecule is O=C(Nc1ccc2nc(N3CCOCC3)sc2c1)c1ccc2c(c1)C[C@H](c1ccccc1)OC2=O. The largest absolute Gasteiger partial charge is 0.454 e. The van der Waals surface area contributed by atoms with E-state index in [0.29, 0.717) is 36.4 Å². The number of carbonyl (C=O) groups is 2. The molecule has 0 bridgehead atoms. The maximum atomic E-state index is 13.1. The second kappa shape index (κ2) is 9.13. The Bertz CT molecular complexity index is 1410. The summed E-state index contributed by atoms with van der Waals surface area (Å²) in [4.78, 5) is 32.6. The minimum Gasteiger partial charge on any atom is -0.454 e. The number of hydrogen-bond acceptors (Lipinski definition) is 7. The molecule has 1 aromatic heterocycles. The summed E-state index contributed by atoms with van der Waals surface area (Å²) in [5.74, 6) is -0.584. The van der Waals surface area contributed by atoms with Gasteiger partial charge in [0.05, 0.1) is 29.0 Å². The van der Waals surface area contributed by atoms with E-state index >= 15 is 0 Å². The molecule has 6 rings (SSSR count). The van der Waals surface area contributed by atoms with E-state index in [1.807, 2.05) is 48.5 Å². The molecular weight excluding hydrogens is 462 g/mol. The van der Waals surface area contributed by atoms with Crippen LogP contribution < -0.4 is 10.2 Å². The summed E-state index contributed by atoms with van der Waals surface area (Å²) in [6.45, 7) is 3.09. The Kier molecular flexibility index (Phi) is 5.67. The van der Waals surface area contributed by atoms with Crippen molar-refractivity contribution in [2.24, 2.45) is 0 Å². The number of thiazole rings is 1. The van der Waals surface area contributed by atoms with Gasteiger partial charge in [0.2, 0.25) is 0 Å². The molecule has 176 valence electrons. The summed E-state index contributed by atoms with van der Waals surface area (Å²) >= 11 is 1.61. The highest BCUT2D eigenvalue weighted by Crippen LogP contribution is 2.33. The summed E-state index contributed by atoms with van der Waals surface area (Å²) in [6.07, 6.45) is 0.174. The van der Waals surface area contributed by atoms with Gasteiger partial charge in [-0.25, -0.2) is 9.78 Å². The van der Waals surface area contributed by atoms with Crippen LogP contribution in [-0.2, 0) is 15.9 Å². The van der Waals surface area contributed by atoms with E-state index in [9.17, 15) is 9.59 Å². The fourth-order valence-corrected chi connectivity index (χ4v) is 5.53. The van der Waals surface area contributed by atoms with E-state index in [0.717, 1.165) is 39.6 Å². The first kappa shape index (κ1) is 21.8. The fourth-order valence-electron chi connectivity index (χ4n) is 4.47. The third kappa shape index (κ3) is 4.38. The smallest absolute Gasteiger partial charge is 0.339 e. The normalized spacial score (nSPS) is 17.7. The standard InChI is InChI=1S/C27H23N3O4S/c31-25(28-20-7-9-22-24(16-20)35-27(29-22)30-10-12-33-13-11-30)18-6-8-21-19(14-18)15-23(34-26(21)32)17-4-2-1-3-5-17/h1-9,14,16,23H,10-13,15H2,(H,28,31)/t23-/m1/s1. The molecule has 1 amide bonds. The predicted octanol–water partition coefficient (Wildman–Crippen LogP) is 4.84. The Hall–Kier alpha value is -3.75. The molecular formula is C27H23N3O4S. The van der Waals surface area contributed by atoms with Crippen LogP contribution >= 0.6 is 11.3 Å². The van der Waals surface area contributed by atoms with Crippen LogP contribution in [0, 0.1) is 0 Å². The number of ether oxygens (including phenoxy) is 2. The molecule has 2 aliphatic heterocycles. The zero-order valence-electron chi connectivity index (χ0n) is 18.9. The first-order valence-corrected chi connectivity index (χ1v) is 12.4. The third-order valence-electron chi connectivity index (χ3n) is 6.33. The number of anilines is 2. The number of benzene rings is 3. The molecule has 2 aliphatic rings. The van der Waals surface area contributed by atoms with Gasteiger partial charge < -0.3 is 19.7 Å². The average molecular weight is 486 g/mol. The van der Waals surface area contributed by atoms with Crippen molar-refractivity contribution in [3.63, 3.8) is 0 Å². The van der Waals surface area contributed by atoms with E-state index in [1.165, 1.54) is 0 Å². The zero-order chi connectivity index (χ0) is 23.8. The molecule has 1 N–H and O–H groups in total. The van der Waals surface area contributed by atoms with Crippen LogP contribution in [0.15, 0.2) is 66.7 Å². The summed E-state index contributed by atoms with van der Waals surface area (Å²) in [6, 6.07) is 20.5. The molecule has 1 atom stereocenters. The lowest BCUT2D eigenvalue weighted by Crippen LogP contribution is -2.36. The molecule has 0 radical (unpaired) electrons. The first-order valence-electron chi connectivity index (χ1n) is 11.6. The number of fused-ring (bicyclic) bond motifs is 2. The Morgan fingerprint density at radius 3 is 2.69 bits per heavy atom. The van der Waals surface area contributed by atoms with Crippen molar-refractivity contribution in [2.75, 3.05) is 36.5 Å². The van der Waals surface area contributed by atoms with Crippen LogP contribution in [0.5, 0.6) is 0 Å². The average Bonchev–Trinajstić information content (AvgIpc) is 3.33. The maximum absolute atomic E-state index is 13.1. The number of hydrogen-bond donors (Lipinski definition) is 1. The monoisotopic (exact) mass is 485 g/mol. The van der Waals surface area contributed by atoms with Gasteiger partial charge in [0.15, 0.2) is 5.13 Å². The van der Waals surface area contributed by atoms with E-state index in [1.54, 1.807) is 29.5 Å². The molecule has 8 heteroatoms. The number of amides is 1. The summed E-state index contributed by atoms with van der Waals surface area (Å²) in [5, 5.41) is 3.96. The number of nitrogens with zero attached hydrogens (tertiary/aromatic N) is 2. The van der Waals surface area contributed by atoms with Crippen LogP contribution in [-0.4, -0.2) is 43.2 Å². The highest BCUT2D eigenvalue weighted by molar-refractivity contribution is 7.22.